The van der Waals surface area contributed by atoms with Gasteiger partial charge in [-0.15, -0.1) is 0 Å². The van der Waals surface area contributed by atoms with Gasteiger partial charge in [0.2, 0.25) is 0 Å². The Morgan fingerprint density at radius 1 is 0.857 bits per heavy atom. The van der Waals surface area contributed by atoms with Crippen LogP contribution in [0.3, 0.4) is 0 Å². The zero-order valence-corrected chi connectivity index (χ0v) is 14.9. The number of ether oxygens (including phenoxy) is 2. The average Bonchev–Trinajstić information content (AvgIpc) is 2.32. The van der Waals surface area contributed by atoms with Gasteiger partial charge in [0.15, 0.2) is 0 Å². The lowest BCUT2D eigenvalue weighted by Crippen LogP contribution is -2.39. The largest absolute Gasteiger partial charge is 0.377 e. The molecule has 4 nitrogen and oxygen atoms in total. The molecule has 1 heterocycles. The lowest BCUT2D eigenvalue weighted by Gasteiger charge is -2.31. The maximum absolute atomic E-state index is 5.83. The number of rotatable bonds is 7. The molecule has 21 heavy (non-hydrogen) atoms. The summed E-state index contributed by atoms with van der Waals surface area (Å²) in [5.74, 6) is 0. The van der Waals surface area contributed by atoms with Gasteiger partial charge in [-0.1, -0.05) is 0 Å². The van der Waals surface area contributed by atoms with Gasteiger partial charge in [0, 0.05) is 13.1 Å². The van der Waals surface area contributed by atoms with Crippen LogP contribution in [0.5, 0.6) is 0 Å². The van der Waals surface area contributed by atoms with Crippen LogP contribution in [0.4, 0.5) is 0 Å². The monoisotopic (exact) mass is 300 g/mol. The lowest BCUT2D eigenvalue weighted by molar-refractivity contribution is -0.0147. The highest BCUT2D eigenvalue weighted by atomic mass is 16.5. The van der Waals surface area contributed by atoms with Crippen molar-refractivity contribution in [2.24, 2.45) is 0 Å². The molecule has 0 aliphatic carbocycles. The second kappa shape index (κ2) is 9.78. The highest BCUT2D eigenvalue weighted by molar-refractivity contribution is 4.68. The number of hydrogen-bond donors (Lipinski definition) is 0. The molecule has 0 spiro atoms. The van der Waals surface area contributed by atoms with Crippen LogP contribution in [0.1, 0.15) is 47.5 Å². The third-order valence-electron chi connectivity index (χ3n) is 3.70. The van der Waals surface area contributed by atoms with E-state index in [0.717, 1.165) is 26.3 Å². The first-order valence-electron chi connectivity index (χ1n) is 8.57. The Kier molecular flexibility index (Phi) is 8.79. The maximum Gasteiger partial charge on any atom is 0.0600 e. The molecule has 1 aliphatic heterocycles. The predicted molar refractivity (Wildman–Crippen MR) is 88.9 cm³/mol. The Labute approximate surface area is 131 Å². The Balaban J connectivity index is 2.15. The summed E-state index contributed by atoms with van der Waals surface area (Å²) in [4.78, 5) is 5.10. The molecule has 1 saturated heterocycles. The predicted octanol–water partition coefficient (Wildman–Crippen LogP) is 2.62. The summed E-state index contributed by atoms with van der Waals surface area (Å²) in [6.07, 6.45) is 2.84. The minimum absolute atomic E-state index is 0.0179. The van der Waals surface area contributed by atoms with Gasteiger partial charge >= 0.3 is 0 Å². The van der Waals surface area contributed by atoms with E-state index in [-0.39, 0.29) is 5.60 Å². The van der Waals surface area contributed by atoms with Crippen LogP contribution in [0.2, 0.25) is 0 Å². The van der Waals surface area contributed by atoms with Crippen molar-refractivity contribution in [1.29, 1.82) is 0 Å². The van der Waals surface area contributed by atoms with Crippen molar-refractivity contribution >= 4 is 0 Å². The summed E-state index contributed by atoms with van der Waals surface area (Å²) in [6.45, 7) is 19.2. The molecule has 0 saturated carbocycles. The molecule has 4 heteroatoms. The van der Waals surface area contributed by atoms with E-state index in [9.17, 15) is 0 Å². The molecule has 0 amide bonds. The molecule has 0 aromatic heterocycles. The van der Waals surface area contributed by atoms with Crippen LogP contribution < -0.4 is 0 Å². The van der Waals surface area contributed by atoms with Gasteiger partial charge in [0.05, 0.1) is 24.9 Å². The van der Waals surface area contributed by atoms with Gasteiger partial charge < -0.3 is 19.3 Å². The second-order valence-electron chi connectivity index (χ2n) is 7.27. The van der Waals surface area contributed by atoms with E-state index in [1.807, 2.05) is 0 Å². The molecule has 126 valence electrons. The zero-order chi connectivity index (χ0) is 15.7. The Morgan fingerprint density at radius 2 is 1.33 bits per heavy atom. The van der Waals surface area contributed by atoms with E-state index >= 15 is 0 Å². The third-order valence-corrected chi connectivity index (χ3v) is 3.70. The summed E-state index contributed by atoms with van der Waals surface area (Å²) >= 11 is 0. The van der Waals surface area contributed by atoms with E-state index in [4.69, 9.17) is 9.47 Å². The minimum Gasteiger partial charge on any atom is -0.377 e. The molecular weight excluding hydrogens is 264 g/mol. The minimum atomic E-state index is -0.0179. The fourth-order valence-corrected chi connectivity index (χ4v) is 2.61. The van der Waals surface area contributed by atoms with Gasteiger partial charge in [0.1, 0.15) is 0 Å². The molecule has 0 aromatic carbocycles. The molecule has 0 N–H and O–H groups in total. The van der Waals surface area contributed by atoms with Crippen molar-refractivity contribution < 1.29 is 9.47 Å². The van der Waals surface area contributed by atoms with Gasteiger partial charge in [-0.25, -0.2) is 0 Å². The summed E-state index contributed by atoms with van der Waals surface area (Å²) in [5.41, 5.74) is -0.0179. The van der Waals surface area contributed by atoms with E-state index in [0.29, 0.717) is 6.10 Å². The van der Waals surface area contributed by atoms with E-state index < -0.39 is 0 Å². The van der Waals surface area contributed by atoms with Crippen molar-refractivity contribution in [3.05, 3.63) is 0 Å². The maximum atomic E-state index is 5.83. The zero-order valence-electron chi connectivity index (χ0n) is 14.9. The Hall–Kier alpha value is -0.160. The summed E-state index contributed by atoms with van der Waals surface area (Å²) in [7, 11) is 0. The normalized spacial score (nSPS) is 19.7. The molecule has 0 aromatic rings. The molecule has 1 rings (SSSR count). The van der Waals surface area contributed by atoms with Gasteiger partial charge in [-0.3, -0.25) is 0 Å². The molecular formula is C17H36N2O2. The van der Waals surface area contributed by atoms with Crippen molar-refractivity contribution in [2.75, 3.05) is 52.5 Å². The topological polar surface area (TPSA) is 24.9 Å². The SMILES string of the molecule is CC(C)OCCN1CCCN(CCOC(C)(C)C)CCC1. The summed E-state index contributed by atoms with van der Waals surface area (Å²) < 4.78 is 11.5. The smallest absolute Gasteiger partial charge is 0.0600 e. The lowest BCUT2D eigenvalue weighted by atomic mass is 10.2. The highest BCUT2D eigenvalue weighted by Gasteiger charge is 2.14. The third kappa shape index (κ3) is 10.2. The van der Waals surface area contributed by atoms with Gasteiger partial charge in [0.25, 0.3) is 0 Å². The van der Waals surface area contributed by atoms with Gasteiger partial charge in [-0.05, 0) is 73.6 Å². The molecule has 1 fully saturated rings. The van der Waals surface area contributed by atoms with Crippen molar-refractivity contribution in [3.8, 4) is 0 Å². The van der Waals surface area contributed by atoms with Crippen LogP contribution in [0.15, 0.2) is 0 Å². The van der Waals surface area contributed by atoms with Crippen LogP contribution in [-0.4, -0.2) is 74.0 Å². The molecule has 0 unspecified atom stereocenters. The fraction of sp³-hybridized carbons (Fsp3) is 1.00. The standard InChI is InChI=1S/C17H36N2O2/c1-16(2)20-14-12-18-8-6-10-19(11-7-9-18)13-15-21-17(3,4)5/h16H,6-15H2,1-5H3. The first-order chi connectivity index (χ1) is 9.87. The molecule has 0 radical (unpaired) electrons. The average molecular weight is 300 g/mol. The first kappa shape index (κ1) is 18.9. The van der Waals surface area contributed by atoms with Gasteiger partial charge in [-0.2, -0.15) is 0 Å². The van der Waals surface area contributed by atoms with Crippen LogP contribution in [0.25, 0.3) is 0 Å². The second-order valence-corrected chi connectivity index (χ2v) is 7.27. The molecule has 1 aliphatic rings. The first-order valence-corrected chi connectivity index (χ1v) is 8.57. The van der Waals surface area contributed by atoms with Crippen LogP contribution in [-0.2, 0) is 9.47 Å². The number of hydrogen-bond acceptors (Lipinski definition) is 4. The molecule has 0 bridgehead atoms. The van der Waals surface area contributed by atoms with Crippen molar-refractivity contribution in [1.82, 2.24) is 9.80 Å². The van der Waals surface area contributed by atoms with E-state index in [2.05, 4.69) is 44.4 Å². The highest BCUT2D eigenvalue weighted by Crippen LogP contribution is 2.08. The molecule has 0 atom stereocenters. The summed E-state index contributed by atoms with van der Waals surface area (Å²) in [6, 6.07) is 0. The number of nitrogens with zero attached hydrogens (tertiary/aromatic N) is 2. The quantitative estimate of drug-likeness (QED) is 0.721. The Morgan fingerprint density at radius 3 is 1.76 bits per heavy atom. The Bertz CT molecular complexity index is 254. The summed E-state index contributed by atoms with van der Waals surface area (Å²) in [5, 5.41) is 0. The van der Waals surface area contributed by atoms with Crippen LogP contribution in [0, 0.1) is 0 Å². The van der Waals surface area contributed by atoms with Crippen LogP contribution >= 0.6 is 0 Å². The fourth-order valence-electron chi connectivity index (χ4n) is 2.61. The van der Waals surface area contributed by atoms with Crippen molar-refractivity contribution in [2.45, 2.75) is 59.2 Å². The van der Waals surface area contributed by atoms with Crippen molar-refractivity contribution in [3.63, 3.8) is 0 Å². The van der Waals surface area contributed by atoms with E-state index in [1.165, 1.54) is 39.0 Å². The van der Waals surface area contributed by atoms with E-state index in [1.54, 1.807) is 0 Å².